The van der Waals surface area contributed by atoms with Crippen LogP contribution in [0.15, 0.2) is 84.0 Å². The van der Waals surface area contributed by atoms with Gasteiger partial charge >= 0.3 is 0 Å². The Labute approximate surface area is 203 Å². The van der Waals surface area contributed by atoms with Gasteiger partial charge in [0.25, 0.3) is 5.91 Å². The Kier molecular flexibility index (Phi) is 6.92. The second-order valence-electron chi connectivity index (χ2n) is 8.56. The first-order valence-corrected chi connectivity index (χ1v) is 12.5. The molecule has 34 heavy (non-hydrogen) atoms. The molecule has 2 aromatic carbocycles. The summed E-state index contributed by atoms with van der Waals surface area (Å²) in [5.41, 5.74) is 3.81. The van der Waals surface area contributed by atoms with Crippen LogP contribution in [0.25, 0.3) is 5.65 Å². The summed E-state index contributed by atoms with van der Waals surface area (Å²) in [6, 6.07) is 20.5. The molecule has 5 rings (SSSR count). The Morgan fingerprint density at radius 3 is 2.56 bits per heavy atom. The number of hydrogen-bond acceptors (Lipinski definition) is 4. The van der Waals surface area contributed by atoms with E-state index >= 15 is 0 Å². The molecule has 1 aliphatic rings. The topological polar surface area (TPSA) is 40.9 Å². The number of nitrogens with zero attached hydrogens (tertiary/aromatic N) is 4. The molecule has 0 spiro atoms. The quantitative estimate of drug-likeness (QED) is 0.364. The molecule has 0 aliphatic carbocycles. The third-order valence-corrected chi connectivity index (χ3v) is 7.14. The van der Waals surface area contributed by atoms with Gasteiger partial charge in [-0.05, 0) is 60.5 Å². The Hall–Kier alpha value is -3.16. The van der Waals surface area contributed by atoms with Crippen LogP contribution in [0.1, 0.15) is 28.0 Å². The summed E-state index contributed by atoms with van der Waals surface area (Å²) < 4.78 is 15.2. The van der Waals surface area contributed by atoms with Gasteiger partial charge < -0.3 is 9.30 Å². The molecule has 174 valence electrons. The third kappa shape index (κ3) is 5.48. The van der Waals surface area contributed by atoms with Gasteiger partial charge in [-0.1, -0.05) is 18.2 Å². The molecule has 0 bridgehead atoms. The van der Waals surface area contributed by atoms with Gasteiger partial charge in [0, 0.05) is 61.3 Å². The van der Waals surface area contributed by atoms with Crippen LogP contribution in [0.4, 0.5) is 4.39 Å². The van der Waals surface area contributed by atoms with Gasteiger partial charge in [0.05, 0.1) is 5.69 Å². The second kappa shape index (κ2) is 10.4. The molecule has 1 aliphatic heterocycles. The van der Waals surface area contributed by atoms with Crippen LogP contribution in [-0.2, 0) is 12.3 Å². The van der Waals surface area contributed by atoms with Crippen LogP contribution in [0.5, 0.6) is 0 Å². The van der Waals surface area contributed by atoms with Crippen molar-refractivity contribution in [3.8, 4) is 0 Å². The van der Waals surface area contributed by atoms with Gasteiger partial charge in [0.1, 0.15) is 11.5 Å². The van der Waals surface area contributed by atoms with E-state index < -0.39 is 0 Å². The van der Waals surface area contributed by atoms with E-state index in [1.165, 1.54) is 12.1 Å². The van der Waals surface area contributed by atoms with E-state index in [1.54, 1.807) is 11.8 Å². The molecule has 0 N–H and O–H groups in total. The Morgan fingerprint density at radius 1 is 0.941 bits per heavy atom. The first-order chi connectivity index (χ1) is 16.6. The number of thioether (sulfide) groups is 1. The Balaban J connectivity index is 1.14. The zero-order valence-corrected chi connectivity index (χ0v) is 19.8. The highest BCUT2D eigenvalue weighted by atomic mass is 32.2. The first-order valence-electron chi connectivity index (χ1n) is 11.6. The number of rotatable bonds is 6. The van der Waals surface area contributed by atoms with E-state index in [4.69, 9.17) is 0 Å². The normalized spacial score (nSPS) is 14.9. The number of carbonyl (C=O) groups is 1. The number of fused-ring (bicyclic) bond motifs is 1. The lowest BCUT2D eigenvalue weighted by Crippen LogP contribution is -2.35. The molecule has 0 radical (unpaired) electrons. The highest BCUT2D eigenvalue weighted by Gasteiger charge is 2.20. The molecule has 1 saturated heterocycles. The summed E-state index contributed by atoms with van der Waals surface area (Å²) in [5.74, 6) is 0.655. The van der Waals surface area contributed by atoms with E-state index in [9.17, 15) is 9.18 Å². The average Bonchev–Trinajstić information content (AvgIpc) is 3.15. The van der Waals surface area contributed by atoms with Crippen LogP contribution < -0.4 is 0 Å². The molecular weight excluding hydrogens is 447 g/mol. The predicted octanol–water partition coefficient (Wildman–Crippen LogP) is 5.11. The van der Waals surface area contributed by atoms with E-state index in [0.717, 1.165) is 65.7 Å². The van der Waals surface area contributed by atoms with Crippen molar-refractivity contribution in [1.82, 2.24) is 19.2 Å². The molecule has 1 amide bonds. The minimum absolute atomic E-state index is 0.0838. The molecule has 1 fully saturated rings. The van der Waals surface area contributed by atoms with E-state index in [2.05, 4.69) is 16.1 Å². The number of pyridine rings is 1. The molecule has 7 heteroatoms. The number of carbonyl (C=O) groups excluding carboxylic acids is 1. The van der Waals surface area contributed by atoms with Gasteiger partial charge in [-0.15, -0.1) is 11.8 Å². The van der Waals surface area contributed by atoms with Crippen molar-refractivity contribution in [1.29, 1.82) is 0 Å². The van der Waals surface area contributed by atoms with Gasteiger partial charge in [-0.2, -0.15) is 0 Å². The lowest BCUT2D eigenvalue weighted by Gasteiger charge is -2.22. The number of amides is 1. The largest absolute Gasteiger partial charge is 0.337 e. The summed E-state index contributed by atoms with van der Waals surface area (Å²) >= 11 is 1.72. The molecule has 0 atom stereocenters. The summed E-state index contributed by atoms with van der Waals surface area (Å²) in [6.07, 6.45) is 4.99. The SMILES string of the molecule is O=C(c1ccc(SCc2cn3ccccc3n2)cc1)N1CCCN(Cc2ccc(F)cc2)CC1. The molecule has 0 unspecified atom stereocenters. The fourth-order valence-electron chi connectivity index (χ4n) is 4.27. The number of halogens is 1. The molecular formula is C27H27FN4OS. The van der Waals surface area contributed by atoms with Gasteiger partial charge in [-0.3, -0.25) is 9.69 Å². The maximum atomic E-state index is 13.2. The lowest BCUT2D eigenvalue weighted by atomic mass is 10.2. The monoisotopic (exact) mass is 474 g/mol. The van der Waals surface area contributed by atoms with Crippen molar-refractivity contribution >= 4 is 23.3 Å². The van der Waals surface area contributed by atoms with Crippen LogP contribution in [-0.4, -0.2) is 51.3 Å². The maximum absolute atomic E-state index is 13.2. The number of hydrogen-bond donors (Lipinski definition) is 0. The zero-order chi connectivity index (χ0) is 23.3. The minimum Gasteiger partial charge on any atom is -0.337 e. The fraction of sp³-hybridized carbons (Fsp3) is 0.259. The minimum atomic E-state index is -0.212. The molecule has 2 aromatic heterocycles. The Morgan fingerprint density at radius 2 is 1.76 bits per heavy atom. The van der Waals surface area contributed by atoms with Gasteiger partial charge in [0.15, 0.2) is 0 Å². The predicted molar refractivity (Wildman–Crippen MR) is 133 cm³/mol. The lowest BCUT2D eigenvalue weighted by molar-refractivity contribution is 0.0761. The van der Waals surface area contributed by atoms with Crippen molar-refractivity contribution in [2.24, 2.45) is 0 Å². The van der Waals surface area contributed by atoms with Crippen LogP contribution in [0.3, 0.4) is 0 Å². The average molecular weight is 475 g/mol. The highest BCUT2D eigenvalue weighted by Crippen LogP contribution is 2.23. The first kappa shape index (κ1) is 22.6. The van der Waals surface area contributed by atoms with Crippen molar-refractivity contribution in [3.05, 3.63) is 102 Å². The highest BCUT2D eigenvalue weighted by molar-refractivity contribution is 7.98. The van der Waals surface area contributed by atoms with Crippen molar-refractivity contribution < 1.29 is 9.18 Å². The van der Waals surface area contributed by atoms with Gasteiger partial charge in [-0.25, -0.2) is 9.37 Å². The molecule has 4 aromatic rings. The van der Waals surface area contributed by atoms with E-state index in [1.807, 2.05) is 70.1 Å². The summed E-state index contributed by atoms with van der Waals surface area (Å²) in [7, 11) is 0. The number of benzene rings is 2. The maximum Gasteiger partial charge on any atom is 0.253 e. The standard InChI is InChI=1S/C27H27FN4OS/c28-23-9-5-21(6-10-23)18-30-13-3-15-31(17-16-30)27(33)22-7-11-25(12-8-22)34-20-24-19-32-14-2-1-4-26(32)29-24/h1-2,4-12,14,19H,3,13,15-18,20H2. The second-order valence-corrected chi connectivity index (χ2v) is 9.61. The smallest absolute Gasteiger partial charge is 0.253 e. The van der Waals surface area contributed by atoms with E-state index in [0.29, 0.717) is 6.54 Å². The van der Waals surface area contributed by atoms with Crippen molar-refractivity contribution in [2.75, 3.05) is 26.2 Å². The third-order valence-electron chi connectivity index (χ3n) is 6.10. The van der Waals surface area contributed by atoms with Crippen molar-refractivity contribution in [3.63, 3.8) is 0 Å². The van der Waals surface area contributed by atoms with E-state index in [-0.39, 0.29) is 11.7 Å². The Bertz CT molecular complexity index is 1220. The zero-order valence-electron chi connectivity index (χ0n) is 18.9. The number of aromatic nitrogens is 2. The van der Waals surface area contributed by atoms with Crippen LogP contribution >= 0.6 is 11.8 Å². The van der Waals surface area contributed by atoms with Crippen LogP contribution in [0.2, 0.25) is 0 Å². The molecule has 3 heterocycles. The van der Waals surface area contributed by atoms with Crippen molar-refractivity contribution in [2.45, 2.75) is 23.6 Å². The summed E-state index contributed by atoms with van der Waals surface area (Å²) in [6.45, 7) is 3.98. The molecule has 0 saturated carbocycles. The summed E-state index contributed by atoms with van der Waals surface area (Å²) in [4.78, 5) is 23.1. The number of imidazole rings is 1. The van der Waals surface area contributed by atoms with Crippen LogP contribution in [0, 0.1) is 5.82 Å². The van der Waals surface area contributed by atoms with Gasteiger partial charge in [0.2, 0.25) is 0 Å². The summed E-state index contributed by atoms with van der Waals surface area (Å²) in [5, 5.41) is 0. The molecule has 5 nitrogen and oxygen atoms in total. The fourth-order valence-corrected chi connectivity index (χ4v) is 5.05.